The van der Waals surface area contributed by atoms with Gasteiger partial charge in [0, 0.05) is 5.41 Å². The fraction of sp³-hybridized carbons (Fsp3) is 0.647. The molecular formula is C17H20. The summed E-state index contributed by atoms with van der Waals surface area (Å²) in [6, 6.07) is 11.5. The highest BCUT2D eigenvalue weighted by Crippen LogP contribution is 2.97. The second kappa shape index (κ2) is 2.35. The van der Waals surface area contributed by atoms with Gasteiger partial charge in [-0.1, -0.05) is 37.3 Å². The summed E-state index contributed by atoms with van der Waals surface area (Å²) in [4.78, 5) is 0. The molecule has 17 heavy (non-hydrogen) atoms. The summed E-state index contributed by atoms with van der Waals surface area (Å²) in [5, 5.41) is 0. The molecule has 4 fully saturated rings. The summed E-state index contributed by atoms with van der Waals surface area (Å²) in [5.41, 5.74) is 3.89. The van der Waals surface area contributed by atoms with Crippen molar-refractivity contribution in [3.8, 4) is 0 Å². The highest BCUT2D eigenvalue weighted by atomic mass is 15.0. The third kappa shape index (κ3) is 0.607. The van der Waals surface area contributed by atoms with Crippen molar-refractivity contribution in [1.29, 1.82) is 0 Å². The van der Waals surface area contributed by atoms with Crippen LogP contribution >= 0.6 is 0 Å². The predicted octanol–water partition coefficient (Wildman–Crippen LogP) is 4.15. The van der Waals surface area contributed by atoms with Gasteiger partial charge in [0.25, 0.3) is 0 Å². The van der Waals surface area contributed by atoms with Crippen LogP contribution < -0.4 is 0 Å². The van der Waals surface area contributed by atoms with Crippen LogP contribution in [-0.2, 0) is 5.41 Å². The summed E-state index contributed by atoms with van der Waals surface area (Å²) in [6.45, 7) is 2.44. The molecule has 5 rings (SSSR count). The van der Waals surface area contributed by atoms with E-state index < -0.39 is 0 Å². The number of benzene rings is 1. The van der Waals surface area contributed by atoms with E-state index in [0.29, 0.717) is 5.41 Å². The van der Waals surface area contributed by atoms with Crippen LogP contribution in [0, 0.1) is 22.7 Å². The van der Waals surface area contributed by atoms with Gasteiger partial charge in [-0.3, -0.25) is 0 Å². The van der Waals surface area contributed by atoms with Gasteiger partial charge in [0.15, 0.2) is 0 Å². The standard InChI is InChI=1S/C17H20/c1-2-15-8-13-10-16(12-6-4-3-5-7-12)11-14(9-15)17(13,15)16/h3-7,13-14H,2,8-11H2,1H3. The van der Waals surface area contributed by atoms with Crippen LogP contribution in [0.5, 0.6) is 0 Å². The molecule has 0 aliphatic heterocycles. The van der Waals surface area contributed by atoms with Gasteiger partial charge in [0.1, 0.15) is 0 Å². The van der Waals surface area contributed by atoms with Crippen molar-refractivity contribution in [3.05, 3.63) is 35.9 Å². The lowest BCUT2D eigenvalue weighted by Crippen LogP contribution is -2.91. The summed E-state index contributed by atoms with van der Waals surface area (Å²) >= 11 is 0. The van der Waals surface area contributed by atoms with Crippen molar-refractivity contribution >= 4 is 0 Å². The Morgan fingerprint density at radius 3 is 2.18 bits per heavy atom. The molecule has 0 bridgehead atoms. The van der Waals surface area contributed by atoms with Gasteiger partial charge >= 0.3 is 0 Å². The first kappa shape index (κ1) is 9.19. The molecule has 4 saturated carbocycles. The quantitative estimate of drug-likeness (QED) is 0.707. The first-order valence-electron chi connectivity index (χ1n) is 7.35. The van der Waals surface area contributed by atoms with E-state index in [2.05, 4.69) is 37.3 Å². The molecule has 88 valence electrons. The number of hydrogen-bond donors (Lipinski definition) is 0. The minimum absolute atomic E-state index is 0.635. The molecule has 1 aromatic carbocycles. The molecule has 0 nitrogen and oxygen atoms in total. The SMILES string of the molecule is CCC12CC3CC4(c5ccccc5)CC(C1)C324. The van der Waals surface area contributed by atoms with Gasteiger partial charge in [-0.05, 0) is 60.3 Å². The zero-order valence-electron chi connectivity index (χ0n) is 10.6. The van der Waals surface area contributed by atoms with Gasteiger partial charge < -0.3 is 0 Å². The summed E-state index contributed by atoms with van der Waals surface area (Å²) in [6.07, 6.45) is 7.59. The van der Waals surface area contributed by atoms with Crippen molar-refractivity contribution < 1.29 is 0 Å². The smallest absolute Gasteiger partial charge is 0.00257 e. The number of rotatable bonds is 2. The van der Waals surface area contributed by atoms with E-state index in [1.807, 2.05) is 0 Å². The van der Waals surface area contributed by atoms with Crippen LogP contribution in [-0.4, -0.2) is 0 Å². The van der Waals surface area contributed by atoms with E-state index in [4.69, 9.17) is 0 Å². The van der Waals surface area contributed by atoms with Crippen LogP contribution in [0.3, 0.4) is 0 Å². The van der Waals surface area contributed by atoms with Gasteiger partial charge in [-0.15, -0.1) is 0 Å². The highest BCUT2D eigenvalue weighted by Gasteiger charge is 2.92. The molecular weight excluding hydrogens is 204 g/mol. The molecule has 2 unspecified atom stereocenters. The summed E-state index contributed by atoms with van der Waals surface area (Å²) < 4.78 is 0. The molecule has 0 radical (unpaired) electrons. The van der Waals surface area contributed by atoms with Crippen molar-refractivity contribution in [3.63, 3.8) is 0 Å². The molecule has 0 heteroatoms. The fourth-order valence-corrected chi connectivity index (χ4v) is 7.19. The minimum Gasteiger partial charge on any atom is -0.0648 e. The van der Waals surface area contributed by atoms with Gasteiger partial charge in [-0.2, -0.15) is 0 Å². The van der Waals surface area contributed by atoms with E-state index in [1.54, 1.807) is 18.4 Å². The van der Waals surface area contributed by atoms with Gasteiger partial charge in [0.2, 0.25) is 0 Å². The Balaban J connectivity index is 1.64. The fourth-order valence-electron chi connectivity index (χ4n) is 7.19. The minimum atomic E-state index is 0.635. The van der Waals surface area contributed by atoms with Crippen molar-refractivity contribution in [2.75, 3.05) is 0 Å². The predicted molar refractivity (Wildman–Crippen MR) is 68.7 cm³/mol. The lowest BCUT2D eigenvalue weighted by atomic mass is 9.08. The van der Waals surface area contributed by atoms with Crippen molar-refractivity contribution in [1.82, 2.24) is 0 Å². The van der Waals surface area contributed by atoms with E-state index >= 15 is 0 Å². The van der Waals surface area contributed by atoms with Crippen LogP contribution in [0.15, 0.2) is 30.3 Å². The Morgan fingerprint density at radius 1 is 1.00 bits per heavy atom. The van der Waals surface area contributed by atoms with Crippen LogP contribution in [0.1, 0.15) is 44.6 Å². The third-order valence-electron chi connectivity index (χ3n) is 7.42. The van der Waals surface area contributed by atoms with E-state index in [0.717, 1.165) is 22.7 Å². The molecule has 4 aliphatic rings. The molecule has 0 N–H and O–H groups in total. The Labute approximate surface area is 103 Å². The van der Waals surface area contributed by atoms with Gasteiger partial charge in [0.05, 0.1) is 0 Å². The topological polar surface area (TPSA) is 0 Å². The maximum atomic E-state index is 2.44. The van der Waals surface area contributed by atoms with Crippen LogP contribution in [0.25, 0.3) is 0 Å². The van der Waals surface area contributed by atoms with Crippen molar-refractivity contribution in [2.24, 2.45) is 22.7 Å². The molecule has 0 amide bonds. The van der Waals surface area contributed by atoms with Crippen molar-refractivity contribution in [2.45, 2.75) is 44.4 Å². The zero-order chi connectivity index (χ0) is 11.3. The summed E-state index contributed by atoms with van der Waals surface area (Å²) in [5.74, 6) is 2.21. The maximum absolute atomic E-state index is 2.44. The zero-order valence-corrected chi connectivity index (χ0v) is 10.6. The van der Waals surface area contributed by atoms with E-state index in [9.17, 15) is 0 Å². The third-order valence-corrected chi connectivity index (χ3v) is 7.42. The molecule has 2 atom stereocenters. The Hall–Kier alpha value is -0.780. The Kier molecular flexibility index (Phi) is 1.27. The van der Waals surface area contributed by atoms with Gasteiger partial charge in [-0.25, -0.2) is 0 Å². The monoisotopic (exact) mass is 224 g/mol. The molecule has 0 heterocycles. The van der Waals surface area contributed by atoms with E-state index in [-0.39, 0.29) is 0 Å². The number of hydrogen-bond acceptors (Lipinski definition) is 0. The molecule has 0 aromatic heterocycles. The van der Waals surface area contributed by atoms with Crippen LogP contribution in [0.2, 0.25) is 0 Å². The molecule has 1 aromatic rings. The Bertz CT molecular complexity index is 482. The first-order valence-corrected chi connectivity index (χ1v) is 7.35. The lowest BCUT2D eigenvalue weighted by Gasteiger charge is -2.96. The second-order valence-electron chi connectivity index (χ2n) is 7.16. The Morgan fingerprint density at radius 2 is 1.65 bits per heavy atom. The average Bonchev–Trinajstić information content (AvgIpc) is 2.27. The normalized spacial score (nSPS) is 56.5. The van der Waals surface area contributed by atoms with E-state index in [1.165, 1.54) is 19.3 Å². The lowest BCUT2D eigenvalue weighted by molar-refractivity contribution is -0.447. The molecule has 1 spiro atoms. The molecule has 4 aliphatic carbocycles. The first-order chi connectivity index (χ1) is 8.29. The largest absolute Gasteiger partial charge is 0.0648 e. The highest BCUT2D eigenvalue weighted by molar-refractivity contribution is 5.50. The maximum Gasteiger partial charge on any atom is 0.00257 e. The second-order valence-corrected chi connectivity index (χ2v) is 7.16. The molecule has 0 saturated heterocycles. The van der Waals surface area contributed by atoms with Crippen LogP contribution in [0.4, 0.5) is 0 Å². The summed E-state index contributed by atoms with van der Waals surface area (Å²) in [7, 11) is 0. The average molecular weight is 224 g/mol.